The van der Waals surface area contributed by atoms with E-state index in [0.29, 0.717) is 22.9 Å². The maximum Gasteiger partial charge on any atom is 0.417 e. The van der Waals surface area contributed by atoms with E-state index in [2.05, 4.69) is 10.3 Å². The number of H-pyrrole nitrogens is 1. The van der Waals surface area contributed by atoms with Crippen LogP contribution in [0.5, 0.6) is 0 Å². The van der Waals surface area contributed by atoms with Crippen LogP contribution in [0, 0.1) is 0 Å². The third kappa shape index (κ3) is 4.13. The minimum Gasteiger partial charge on any atom is -0.327 e. The fourth-order valence-corrected chi connectivity index (χ4v) is 2.53. The molecule has 0 aliphatic heterocycles. The van der Waals surface area contributed by atoms with E-state index in [1.165, 1.54) is 30.2 Å². The first-order valence-corrected chi connectivity index (χ1v) is 7.49. The highest BCUT2D eigenvalue weighted by atomic mass is 32.2. The molecular weight excluding hydrogens is 331 g/mol. The van der Waals surface area contributed by atoms with E-state index in [1.54, 1.807) is 0 Å². The minimum absolute atomic E-state index is 0.240. The van der Waals surface area contributed by atoms with Gasteiger partial charge in [-0.25, -0.2) is 0 Å². The Morgan fingerprint density at radius 2 is 2.17 bits per heavy atom. The maximum absolute atomic E-state index is 12.7. The Hall–Kier alpha value is -2.29. The van der Waals surface area contributed by atoms with Crippen LogP contribution in [-0.4, -0.2) is 21.6 Å². The number of rotatable bonds is 4. The largest absolute Gasteiger partial charge is 0.417 e. The molecule has 2 N–H and O–H groups in total. The maximum atomic E-state index is 12.7. The number of carbonyl (C=O) groups excluding carboxylic acids is 1. The number of anilines is 1. The smallest absolute Gasteiger partial charge is 0.327 e. The summed E-state index contributed by atoms with van der Waals surface area (Å²) in [6.07, 6.45) is -1.18. The number of hydrogen-bond acceptors (Lipinski definition) is 4. The number of halogens is 3. The first-order valence-electron chi connectivity index (χ1n) is 6.51. The Morgan fingerprint density at radius 3 is 2.83 bits per heavy atom. The van der Waals surface area contributed by atoms with E-state index < -0.39 is 28.9 Å². The van der Waals surface area contributed by atoms with Gasteiger partial charge in [-0.1, -0.05) is 6.92 Å². The Balaban J connectivity index is 2.33. The fraction of sp³-hybridized carbons (Fsp3) is 0.214. The van der Waals surface area contributed by atoms with E-state index in [0.717, 1.165) is 0 Å². The molecule has 0 fully saturated rings. The molecule has 0 bridgehead atoms. The number of hydrogen-bond donors (Lipinski definition) is 2. The van der Waals surface area contributed by atoms with Gasteiger partial charge in [0.2, 0.25) is 0 Å². The summed E-state index contributed by atoms with van der Waals surface area (Å²) in [5, 5.41) is 2.21. The van der Waals surface area contributed by atoms with Crippen molar-refractivity contribution in [1.82, 2.24) is 9.97 Å². The van der Waals surface area contributed by atoms with E-state index in [9.17, 15) is 22.8 Å². The van der Waals surface area contributed by atoms with Crippen LogP contribution in [0.1, 0.15) is 22.8 Å². The number of thioether (sulfide) groups is 1. The molecule has 0 spiro atoms. The number of carbonyl (C=O) groups is 1. The number of aromatic nitrogens is 2. The van der Waals surface area contributed by atoms with Crippen molar-refractivity contribution in [3.8, 4) is 0 Å². The van der Waals surface area contributed by atoms with Crippen molar-refractivity contribution in [2.24, 2.45) is 0 Å². The summed E-state index contributed by atoms with van der Waals surface area (Å²) in [5.41, 5.74) is -2.09. The summed E-state index contributed by atoms with van der Waals surface area (Å²) in [6.45, 7) is 1.89. The molecule has 23 heavy (non-hydrogen) atoms. The van der Waals surface area contributed by atoms with Crippen LogP contribution >= 0.6 is 11.8 Å². The lowest BCUT2D eigenvalue weighted by atomic mass is 10.2. The van der Waals surface area contributed by atoms with Gasteiger partial charge in [0, 0.05) is 23.5 Å². The molecule has 0 saturated heterocycles. The van der Waals surface area contributed by atoms with Crippen molar-refractivity contribution in [2.45, 2.75) is 18.0 Å². The summed E-state index contributed by atoms with van der Waals surface area (Å²) in [6, 6.07) is 2.04. The normalized spacial score (nSPS) is 11.3. The van der Waals surface area contributed by atoms with Gasteiger partial charge in [-0.05, 0) is 17.9 Å². The zero-order valence-corrected chi connectivity index (χ0v) is 12.7. The Labute approximate surface area is 133 Å². The van der Waals surface area contributed by atoms with Crippen LogP contribution in [-0.2, 0) is 6.18 Å². The second-order valence-electron chi connectivity index (χ2n) is 4.39. The van der Waals surface area contributed by atoms with Gasteiger partial charge in [-0.2, -0.15) is 13.2 Å². The second-order valence-corrected chi connectivity index (χ2v) is 5.69. The average molecular weight is 343 g/mol. The molecule has 0 aliphatic rings. The first kappa shape index (κ1) is 17.1. The number of nitrogens with one attached hydrogen (secondary N) is 2. The number of aromatic amines is 1. The van der Waals surface area contributed by atoms with Crippen molar-refractivity contribution in [3.63, 3.8) is 0 Å². The van der Waals surface area contributed by atoms with Gasteiger partial charge < -0.3 is 10.3 Å². The molecule has 2 heterocycles. The standard InChI is InChI=1S/C14H12F3N3O2S/c1-2-23-11-7-18-4-3-9(11)12(21)20-10-5-8(14(15,16)17)6-19-13(10)22/h3-7H,2H2,1H3,(H,19,22)(H,20,21). The van der Waals surface area contributed by atoms with Crippen molar-refractivity contribution >= 4 is 23.4 Å². The summed E-state index contributed by atoms with van der Waals surface area (Å²) >= 11 is 1.36. The highest BCUT2D eigenvalue weighted by molar-refractivity contribution is 7.99. The number of pyridine rings is 2. The lowest BCUT2D eigenvalue weighted by Gasteiger charge is -2.10. The van der Waals surface area contributed by atoms with Crippen molar-refractivity contribution in [1.29, 1.82) is 0 Å². The van der Waals surface area contributed by atoms with Gasteiger partial charge in [0.25, 0.3) is 11.5 Å². The third-order valence-corrected chi connectivity index (χ3v) is 3.73. The summed E-state index contributed by atoms with van der Waals surface area (Å²) < 4.78 is 38.0. The molecule has 0 aromatic carbocycles. The number of nitrogens with zero attached hydrogens (tertiary/aromatic N) is 1. The molecule has 2 rings (SSSR count). The molecule has 122 valence electrons. The van der Waals surface area contributed by atoms with Crippen LogP contribution in [0.2, 0.25) is 0 Å². The van der Waals surface area contributed by atoms with Gasteiger partial charge in [-0.15, -0.1) is 11.8 Å². The van der Waals surface area contributed by atoms with Gasteiger partial charge in [0.1, 0.15) is 5.69 Å². The second kappa shape index (κ2) is 6.86. The summed E-state index contributed by atoms with van der Waals surface area (Å²) in [5.74, 6) is 0.0176. The Bertz CT molecular complexity index is 774. The Kier molecular flexibility index (Phi) is 5.09. The number of amides is 1. The zero-order chi connectivity index (χ0) is 17.0. The van der Waals surface area contributed by atoms with Crippen LogP contribution in [0.4, 0.5) is 18.9 Å². The predicted octanol–water partition coefficient (Wildman–Crippen LogP) is 3.15. The SMILES string of the molecule is CCSc1cnccc1C(=O)Nc1cc(C(F)(F)F)c[nH]c1=O. The highest BCUT2D eigenvalue weighted by Gasteiger charge is 2.31. The molecule has 2 aromatic rings. The van der Waals surface area contributed by atoms with Gasteiger partial charge >= 0.3 is 6.18 Å². The molecule has 1 amide bonds. The minimum atomic E-state index is -4.62. The van der Waals surface area contributed by atoms with E-state index >= 15 is 0 Å². The fourth-order valence-electron chi connectivity index (χ4n) is 1.77. The number of alkyl halides is 3. The van der Waals surface area contributed by atoms with Crippen LogP contribution in [0.25, 0.3) is 0 Å². The van der Waals surface area contributed by atoms with Crippen molar-refractivity contribution in [3.05, 3.63) is 52.2 Å². The van der Waals surface area contributed by atoms with Gasteiger partial charge in [-0.3, -0.25) is 14.6 Å². The average Bonchev–Trinajstić information content (AvgIpc) is 2.49. The molecule has 5 nitrogen and oxygen atoms in total. The first-order chi connectivity index (χ1) is 10.8. The molecule has 0 saturated carbocycles. The van der Waals surface area contributed by atoms with E-state index in [4.69, 9.17) is 0 Å². The highest BCUT2D eigenvalue weighted by Crippen LogP contribution is 2.29. The van der Waals surface area contributed by atoms with E-state index in [-0.39, 0.29) is 5.56 Å². The predicted molar refractivity (Wildman–Crippen MR) is 80.7 cm³/mol. The lowest BCUT2D eigenvalue weighted by molar-refractivity contribution is -0.137. The topological polar surface area (TPSA) is 74.8 Å². The molecule has 0 aliphatic carbocycles. The van der Waals surface area contributed by atoms with Crippen molar-refractivity contribution in [2.75, 3.05) is 11.1 Å². The molecular formula is C14H12F3N3O2S. The van der Waals surface area contributed by atoms with E-state index in [1.807, 2.05) is 11.9 Å². The van der Waals surface area contributed by atoms with Crippen molar-refractivity contribution < 1.29 is 18.0 Å². The van der Waals surface area contributed by atoms with Crippen LogP contribution in [0.3, 0.4) is 0 Å². The Morgan fingerprint density at radius 1 is 1.43 bits per heavy atom. The quantitative estimate of drug-likeness (QED) is 0.837. The molecule has 0 radical (unpaired) electrons. The lowest BCUT2D eigenvalue weighted by Crippen LogP contribution is -2.22. The molecule has 9 heteroatoms. The molecule has 0 unspecified atom stereocenters. The molecule has 2 aromatic heterocycles. The van der Waals surface area contributed by atoms with Gasteiger partial charge in [0.15, 0.2) is 0 Å². The monoisotopic (exact) mass is 343 g/mol. The summed E-state index contributed by atoms with van der Waals surface area (Å²) in [7, 11) is 0. The van der Waals surface area contributed by atoms with Crippen LogP contribution in [0.15, 0.2) is 40.4 Å². The summed E-state index contributed by atoms with van der Waals surface area (Å²) in [4.78, 5) is 30.3. The molecule has 0 atom stereocenters. The zero-order valence-electron chi connectivity index (χ0n) is 11.9. The third-order valence-electron chi connectivity index (χ3n) is 2.81. The van der Waals surface area contributed by atoms with Crippen LogP contribution < -0.4 is 10.9 Å². The van der Waals surface area contributed by atoms with Gasteiger partial charge in [0.05, 0.1) is 11.1 Å².